The minimum atomic E-state index is -0.248. The van der Waals surface area contributed by atoms with Crippen molar-refractivity contribution in [1.82, 2.24) is 0 Å². The van der Waals surface area contributed by atoms with Gasteiger partial charge in [-0.05, 0) is 62.2 Å². The van der Waals surface area contributed by atoms with E-state index in [0.29, 0.717) is 26.4 Å². The summed E-state index contributed by atoms with van der Waals surface area (Å²) >= 11 is 12.6. The molecule has 6 heteroatoms. The minimum absolute atomic E-state index is 0.248. The van der Waals surface area contributed by atoms with Crippen LogP contribution in [0.2, 0.25) is 5.02 Å². The van der Waals surface area contributed by atoms with Crippen molar-refractivity contribution >= 4 is 60.7 Å². The number of nitrogens with one attached hydrogen (secondary N) is 1. The first kappa shape index (κ1) is 14.4. The summed E-state index contributed by atoms with van der Waals surface area (Å²) in [5, 5.41) is 3.31. The van der Waals surface area contributed by atoms with Gasteiger partial charge < -0.3 is 11.1 Å². The largest absolute Gasteiger partial charge is 0.398 e. The van der Waals surface area contributed by atoms with E-state index in [1.165, 1.54) is 0 Å². The second-order valence-corrected chi connectivity index (χ2v) is 5.85. The number of carbonyl (C=O) groups excluding carboxylic acids is 1. The van der Waals surface area contributed by atoms with Crippen molar-refractivity contribution in [1.29, 1.82) is 0 Å². The van der Waals surface area contributed by atoms with E-state index in [1.807, 2.05) is 0 Å². The number of amides is 1. The predicted octanol–water partition coefficient (Wildman–Crippen LogP) is 4.70. The Morgan fingerprint density at radius 2 is 1.95 bits per heavy atom. The van der Waals surface area contributed by atoms with Crippen LogP contribution in [0.5, 0.6) is 0 Å². The molecule has 2 aromatic carbocycles. The van der Waals surface area contributed by atoms with Crippen molar-refractivity contribution in [3.63, 3.8) is 0 Å². The standard InChI is InChI=1S/C13H9Br2ClN2O/c14-8-5-4-7(6-10(8)17)13(19)18-11-3-1-2-9(16)12(11)15/h1-6H,17H2,(H,18,19). The molecule has 0 atom stereocenters. The third-order valence-corrected chi connectivity index (χ3v) is 4.58. The van der Waals surface area contributed by atoms with E-state index >= 15 is 0 Å². The average molecular weight is 404 g/mol. The first-order chi connectivity index (χ1) is 8.99. The van der Waals surface area contributed by atoms with Crippen molar-refractivity contribution in [2.24, 2.45) is 0 Å². The highest BCUT2D eigenvalue weighted by atomic mass is 79.9. The molecule has 0 bridgehead atoms. The van der Waals surface area contributed by atoms with Crippen molar-refractivity contribution in [2.45, 2.75) is 0 Å². The second-order valence-electron chi connectivity index (χ2n) is 3.79. The molecule has 2 rings (SSSR count). The molecule has 98 valence electrons. The van der Waals surface area contributed by atoms with Crippen LogP contribution in [0.25, 0.3) is 0 Å². The predicted molar refractivity (Wildman–Crippen MR) is 85.7 cm³/mol. The summed E-state index contributed by atoms with van der Waals surface area (Å²) in [6.45, 7) is 0. The van der Waals surface area contributed by atoms with Crippen LogP contribution < -0.4 is 11.1 Å². The van der Waals surface area contributed by atoms with Crippen LogP contribution in [0.1, 0.15) is 10.4 Å². The Balaban J connectivity index is 2.26. The number of hydrogen-bond acceptors (Lipinski definition) is 2. The number of nitrogens with two attached hydrogens (primary N) is 1. The molecule has 0 aromatic heterocycles. The molecule has 0 aliphatic rings. The summed E-state index contributed by atoms with van der Waals surface area (Å²) in [4.78, 5) is 12.1. The molecule has 0 saturated carbocycles. The van der Waals surface area contributed by atoms with Gasteiger partial charge in [0.2, 0.25) is 0 Å². The van der Waals surface area contributed by atoms with Crippen LogP contribution in [0.3, 0.4) is 0 Å². The van der Waals surface area contributed by atoms with Gasteiger partial charge in [-0.25, -0.2) is 0 Å². The maximum Gasteiger partial charge on any atom is 0.255 e. The van der Waals surface area contributed by atoms with Crippen LogP contribution in [0, 0.1) is 0 Å². The van der Waals surface area contributed by atoms with Gasteiger partial charge in [0.05, 0.1) is 15.2 Å². The molecule has 0 saturated heterocycles. The highest BCUT2D eigenvalue weighted by Gasteiger charge is 2.10. The normalized spacial score (nSPS) is 10.3. The number of hydrogen-bond donors (Lipinski definition) is 2. The second kappa shape index (κ2) is 5.94. The fourth-order valence-corrected chi connectivity index (χ4v) is 2.26. The Labute approximate surface area is 132 Å². The van der Waals surface area contributed by atoms with Gasteiger partial charge in [-0.2, -0.15) is 0 Å². The Morgan fingerprint density at radius 1 is 1.21 bits per heavy atom. The minimum Gasteiger partial charge on any atom is -0.398 e. The van der Waals surface area contributed by atoms with Gasteiger partial charge in [-0.3, -0.25) is 4.79 Å². The molecule has 0 unspecified atom stereocenters. The van der Waals surface area contributed by atoms with E-state index in [-0.39, 0.29) is 5.91 Å². The summed E-state index contributed by atoms with van der Waals surface area (Å²) in [7, 11) is 0. The molecular weight excluding hydrogens is 395 g/mol. The SMILES string of the molecule is Nc1cc(C(=O)Nc2cccc(Cl)c2Br)ccc1Br. The lowest BCUT2D eigenvalue weighted by atomic mass is 10.2. The molecule has 0 aliphatic heterocycles. The molecule has 1 amide bonds. The van der Waals surface area contributed by atoms with Crippen molar-refractivity contribution in [3.05, 3.63) is 55.9 Å². The monoisotopic (exact) mass is 402 g/mol. The highest BCUT2D eigenvalue weighted by Crippen LogP contribution is 2.30. The number of anilines is 2. The third kappa shape index (κ3) is 3.29. The number of benzene rings is 2. The van der Waals surface area contributed by atoms with Gasteiger partial charge in [0.1, 0.15) is 0 Å². The topological polar surface area (TPSA) is 55.1 Å². The number of rotatable bonds is 2. The molecule has 2 aromatic rings. The van der Waals surface area contributed by atoms with Gasteiger partial charge >= 0.3 is 0 Å². The van der Waals surface area contributed by atoms with E-state index in [2.05, 4.69) is 37.2 Å². The van der Waals surface area contributed by atoms with E-state index in [4.69, 9.17) is 17.3 Å². The zero-order chi connectivity index (χ0) is 14.0. The third-order valence-electron chi connectivity index (χ3n) is 2.46. The number of carbonyl (C=O) groups is 1. The smallest absolute Gasteiger partial charge is 0.255 e. The van der Waals surface area contributed by atoms with Crippen molar-refractivity contribution in [2.75, 3.05) is 11.1 Å². The van der Waals surface area contributed by atoms with E-state index < -0.39 is 0 Å². The molecule has 0 aliphatic carbocycles. The van der Waals surface area contributed by atoms with Crippen molar-refractivity contribution < 1.29 is 4.79 Å². The van der Waals surface area contributed by atoms with Crippen LogP contribution in [0.15, 0.2) is 45.3 Å². The molecule has 0 heterocycles. The maximum absolute atomic E-state index is 12.1. The fraction of sp³-hybridized carbons (Fsp3) is 0. The number of halogens is 3. The Morgan fingerprint density at radius 3 is 2.63 bits per heavy atom. The molecular formula is C13H9Br2ClN2O. The van der Waals surface area contributed by atoms with E-state index in [9.17, 15) is 4.79 Å². The lowest BCUT2D eigenvalue weighted by Crippen LogP contribution is -2.12. The maximum atomic E-state index is 12.1. The first-order valence-electron chi connectivity index (χ1n) is 5.29. The van der Waals surface area contributed by atoms with Gasteiger partial charge in [0.15, 0.2) is 0 Å². The highest BCUT2D eigenvalue weighted by molar-refractivity contribution is 9.11. The van der Waals surface area contributed by atoms with Crippen LogP contribution in [-0.2, 0) is 0 Å². The van der Waals surface area contributed by atoms with Gasteiger partial charge in [0.25, 0.3) is 5.91 Å². The molecule has 3 nitrogen and oxygen atoms in total. The lowest BCUT2D eigenvalue weighted by molar-refractivity contribution is 0.102. The summed E-state index contributed by atoms with van der Waals surface area (Å²) in [6.07, 6.45) is 0. The number of nitrogen functional groups attached to an aromatic ring is 1. The van der Waals surface area contributed by atoms with Crippen LogP contribution in [0.4, 0.5) is 11.4 Å². The average Bonchev–Trinajstić information content (AvgIpc) is 2.38. The van der Waals surface area contributed by atoms with Gasteiger partial charge in [0, 0.05) is 15.7 Å². The molecule has 0 radical (unpaired) electrons. The fourth-order valence-electron chi connectivity index (χ4n) is 1.48. The zero-order valence-electron chi connectivity index (χ0n) is 9.58. The summed E-state index contributed by atoms with van der Waals surface area (Å²) in [5.74, 6) is -0.248. The van der Waals surface area contributed by atoms with Crippen LogP contribution >= 0.6 is 43.5 Å². The summed E-state index contributed by atoms with van der Waals surface area (Å²) in [5.41, 5.74) is 7.35. The van der Waals surface area contributed by atoms with Crippen molar-refractivity contribution in [3.8, 4) is 0 Å². The Bertz CT molecular complexity index is 647. The zero-order valence-corrected chi connectivity index (χ0v) is 13.5. The Kier molecular flexibility index (Phi) is 4.50. The van der Waals surface area contributed by atoms with Gasteiger partial charge in [-0.15, -0.1) is 0 Å². The molecule has 3 N–H and O–H groups in total. The lowest BCUT2D eigenvalue weighted by Gasteiger charge is -2.09. The summed E-state index contributed by atoms with van der Waals surface area (Å²) in [6, 6.07) is 10.3. The molecule has 0 spiro atoms. The first-order valence-corrected chi connectivity index (χ1v) is 7.26. The van der Waals surface area contributed by atoms with E-state index in [0.717, 1.165) is 4.47 Å². The Hall–Kier alpha value is -1.04. The van der Waals surface area contributed by atoms with Crippen LogP contribution in [-0.4, -0.2) is 5.91 Å². The molecule has 0 fully saturated rings. The van der Waals surface area contributed by atoms with Gasteiger partial charge in [-0.1, -0.05) is 17.7 Å². The summed E-state index contributed by atoms with van der Waals surface area (Å²) < 4.78 is 1.41. The molecule has 19 heavy (non-hydrogen) atoms. The van der Waals surface area contributed by atoms with E-state index in [1.54, 1.807) is 36.4 Å². The quantitative estimate of drug-likeness (QED) is 0.713.